The van der Waals surface area contributed by atoms with E-state index >= 15 is 0 Å². The standard InChI is InChI=1S/C14H22BrN3/c1-10(2)18-7-6-11(8-16-3)14(18)13-5-4-12(15)9-17-13/h4-5,9-11,14,16H,6-8H2,1-3H3. The molecule has 1 aromatic heterocycles. The van der Waals surface area contributed by atoms with Crippen LogP contribution in [0.4, 0.5) is 0 Å². The fraction of sp³-hybridized carbons (Fsp3) is 0.643. The van der Waals surface area contributed by atoms with Gasteiger partial charge in [-0.3, -0.25) is 9.88 Å². The quantitative estimate of drug-likeness (QED) is 0.927. The molecule has 2 unspecified atom stereocenters. The fourth-order valence-corrected chi connectivity index (χ4v) is 3.15. The van der Waals surface area contributed by atoms with Crippen molar-refractivity contribution in [1.82, 2.24) is 15.2 Å². The minimum Gasteiger partial charge on any atom is -0.319 e. The van der Waals surface area contributed by atoms with E-state index in [9.17, 15) is 0 Å². The van der Waals surface area contributed by atoms with E-state index in [4.69, 9.17) is 0 Å². The maximum atomic E-state index is 4.61. The second kappa shape index (κ2) is 6.13. The Bertz CT molecular complexity index is 377. The van der Waals surface area contributed by atoms with E-state index in [1.807, 2.05) is 13.2 Å². The fourth-order valence-electron chi connectivity index (χ4n) is 2.91. The van der Waals surface area contributed by atoms with Crippen LogP contribution in [-0.2, 0) is 0 Å². The van der Waals surface area contributed by atoms with E-state index in [0.717, 1.165) is 11.0 Å². The van der Waals surface area contributed by atoms with Gasteiger partial charge >= 0.3 is 0 Å². The Morgan fingerprint density at radius 1 is 1.50 bits per heavy atom. The SMILES string of the molecule is CNCC1CCN(C(C)C)C1c1ccc(Br)cn1. The Hall–Kier alpha value is -0.450. The third kappa shape index (κ3) is 2.92. The van der Waals surface area contributed by atoms with Crippen molar-refractivity contribution in [2.75, 3.05) is 20.1 Å². The summed E-state index contributed by atoms with van der Waals surface area (Å²) in [5, 5.41) is 3.32. The molecule has 1 saturated heterocycles. The molecular formula is C14H22BrN3. The highest BCUT2D eigenvalue weighted by Gasteiger charge is 2.36. The van der Waals surface area contributed by atoms with Gasteiger partial charge in [0.05, 0.1) is 11.7 Å². The molecule has 2 rings (SSSR count). The molecule has 1 aliphatic heterocycles. The summed E-state index contributed by atoms with van der Waals surface area (Å²) in [6.07, 6.45) is 3.16. The van der Waals surface area contributed by atoms with Crippen LogP contribution in [0, 0.1) is 5.92 Å². The number of likely N-dealkylation sites (tertiary alicyclic amines) is 1. The van der Waals surface area contributed by atoms with E-state index in [1.165, 1.54) is 18.7 Å². The summed E-state index contributed by atoms with van der Waals surface area (Å²) in [6, 6.07) is 5.26. The Balaban J connectivity index is 2.25. The Labute approximate surface area is 118 Å². The van der Waals surface area contributed by atoms with Crippen molar-refractivity contribution in [2.45, 2.75) is 32.4 Å². The molecule has 0 saturated carbocycles. The number of pyridine rings is 1. The molecule has 0 aromatic carbocycles. The van der Waals surface area contributed by atoms with Crippen molar-refractivity contribution in [2.24, 2.45) is 5.92 Å². The first-order chi connectivity index (χ1) is 8.63. The zero-order valence-electron chi connectivity index (χ0n) is 11.4. The van der Waals surface area contributed by atoms with E-state index in [2.05, 4.69) is 57.1 Å². The molecule has 0 aliphatic carbocycles. The van der Waals surface area contributed by atoms with E-state index in [1.54, 1.807) is 0 Å². The van der Waals surface area contributed by atoms with Gasteiger partial charge in [0.15, 0.2) is 0 Å². The van der Waals surface area contributed by atoms with Crippen LogP contribution in [0.1, 0.15) is 32.0 Å². The summed E-state index contributed by atoms with van der Waals surface area (Å²) >= 11 is 3.46. The molecule has 18 heavy (non-hydrogen) atoms. The molecule has 2 heterocycles. The maximum absolute atomic E-state index is 4.61. The summed E-state index contributed by atoms with van der Waals surface area (Å²) in [4.78, 5) is 7.18. The summed E-state index contributed by atoms with van der Waals surface area (Å²) in [6.45, 7) is 6.78. The molecule has 1 aromatic rings. The van der Waals surface area contributed by atoms with Gasteiger partial charge in [0, 0.05) is 16.7 Å². The number of nitrogens with zero attached hydrogens (tertiary/aromatic N) is 2. The van der Waals surface area contributed by atoms with Gasteiger partial charge in [0.1, 0.15) is 0 Å². The Morgan fingerprint density at radius 3 is 2.83 bits per heavy atom. The third-order valence-electron chi connectivity index (χ3n) is 3.74. The van der Waals surface area contributed by atoms with Crippen LogP contribution >= 0.6 is 15.9 Å². The Kier molecular flexibility index (Phi) is 4.76. The number of hydrogen-bond donors (Lipinski definition) is 1. The molecule has 0 radical (unpaired) electrons. The van der Waals surface area contributed by atoms with Crippen LogP contribution in [0.3, 0.4) is 0 Å². The molecule has 4 heteroatoms. The monoisotopic (exact) mass is 311 g/mol. The van der Waals surface area contributed by atoms with Crippen molar-refractivity contribution in [3.8, 4) is 0 Å². The highest BCUT2D eigenvalue weighted by atomic mass is 79.9. The van der Waals surface area contributed by atoms with Gasteiger partial charge in [-0.15, -0.1) is 0 Å². The largest absolute Gasteiger partial charge is 0.319 e. The van der Waals surface area contributed by atoms with E-state index in [-0.39, 0.29) is 0 Å². The van der Waals surface area contributed by atoms with E-state index in [0.29, 0.717) is 18.0 Å². The molecule has 0 spiro atoms. The zero-order valence-corrected chi connectivity index (χ0v) is 12.9. The van der Waals surface area contributed by atoms with Crippen LogP contribution in [-0.4, -0.2) is 36.1 Å². The predicted octanol–water partition coefficient (Wildman–Crippen LogP) is 2.83. The van der Waals surface area contributed by atoms with Gasteiger partial charge in [0.2, 0.25) is 0 Å². The first-order valence-electron chi connectivity index (χ1n) is 6.65. The lowest BCUT2D eigenvalue weighted by atomic mass is 9.96. The Morgan fingerprint density at radius 2 is 2.28 bits per heavy atom. The minimum absolute atomic E-state index is 0.450. The van der Waals surface area contributed by atoms with Crippen molar-refractivity contribution in [1.29, 1.82) is 0 Å². The first-order valence-corrected chi connectivity index (χ1v) is 7.44. The molecular weight excluding hydrogens is 290 g/mol. The number of rotatable bonds is 4. The van der Waals surface area contributed by atoms with E-state index < -0.39 is 0 Å². The van der Waals surface area contributed by atoms with Gasteiger partial charge in [-0.1, -0.05) is 0 Å². The summed E-state index contributed by atoms with van der Waals surface area (Å²) < 4.78 is 1.05. The molecule has 0 bridgehead atoms. The lowest BCUT2D eigenvalue weighted by molar-refractivity contribution is 0.179. The van der Waals surface area contributed by atoms with Crippen LogP contribution < -0.4 is 5.32 Å². The molecule has 0 amide bonds. The lowest BCUT2D eigenvalue weighted by Gasteiger charge is -2.30. The zero-order chi connectivity index (χ0) is 13.1. The molecule has 2 atom stereocenters. The first kappa shape index (κ1) is 14.0. The molecule has 1 N–H and O–H groups in total. The summed E-state index contributed by atoms with van der Waals surface area (Å²) in [5.41, 5.74) is 1.20. The van der Waals surface area contributed by atoms with Crippen LogP contribution in [0.2, 0.25) is 0 Å². The van der Waals surface area contributed by atoms with Gasteiger partial charge in [-0.2, -0.15) is 0 Å². The highest BCUT2D eigenvalue weighted by Crippen LogP contribution is 2.37. The van der Waals surface area contributed by atoms with Crippen LogP contribution in [0.25, 0.3) is 0 Å². The number of nitrogens with one attached hydrogen (secondary N) is 1. The number of aromatic nitrogens is 1. The van der Waals surface area contributed by atoms with Crippen LogP contribution in [0.5, 0.6) is 0 Å². The summed E-state index contributed by atoms with van der Waals surface area (Å²) in [7, 11) is 2.03. The van der Waals surface area contributed by atoms with Crippen molar-refractivity contribution < 1.29 is 0 Å². The van der Waals surface area contributed by atoms with Crippen molar-refractivity contribution in [3.05, 3.63) is 28.5 Å². The smallest absolute Gasteiger partial charge is 0.0579 e. The van der Waals surface area contributed by atoms with Gasteiger partial charge in [0.25, 0.3) is 0 Å². The molecule has 100 valence electrons. The highest BCUT2D eigenvalue weighted by molar-refractivity contribution is 9.10. The molecule has 1 fully saturated rings. The lowest BCUT2D eigenvalue weighted by Crippen LogP contribution is -2.34. The van der Waals surface area contributed by atoms with Gasteiger partial charge in [-0.05, 0) is 74.4 Å². The number of hydrogen-bond acceptors (Lipinski definition) is 3. The topological polar surface area (TPSA) is 28.2 Å². The third-order valence-corrected chi connectivity index (χ3v) is 4.21. The normalized spacial score (nSPS) is 24.9. The van der Waals surface area contributed by atoms with Crippen molar-refractivity contribution >= 4 is 15.9 Å². The molecule has 3 nitrogen and oxygen atoms in total. The molecule has 1 aliphatic rings. The second-order valence-electron chi connectivity index (χ2n) is 5.28. The number of halogens is 1. The predicted molar refractivity (Wildman–Crippen MR) is 78.6 cm³/mol. The minimum atomic E-state index is 0.450. The van der Waals surface area contributed by atoms with Crippen LogP contribution in [0.15, 0.2) is 22.8 Å². The summed E-state index contributed by atoms with van der Waals surface area (Å²) in [5.74, 6) is 0.658. The average molecular weight is 312 g/mol. The second-order valence-corrected chi connectivity index (χ2v) is 6.20. The van der Waals surface area contributed by atoms with Crippen molar-refractivity contribution in [3.63, 3.8) is 0 Å². The van der Waals surface area contributed by atoms with Gasteiger partial charge in [-0.25, -0.2) is 0 Å². The maximum Gasteiger partial charge on any atom is 0.0579 e. The van der Waals surface area contributed by atoms with Gasteiger partial charge < -0.3 is 5.32 Å². The average Bonchev–Trinajstić information content (AvgIpc) is 2.75.